The molecule has 0 aliphatic rings. The molecule has 1 unspecified atom stereocenters. The number of hydrogen-bond acceptors (Lipinski definition) is 3. The molecule has 0 radical (unpaired) electrons. The highest BCUT2D eigenvalue weighted by Gasteiger charge is 2.18. The van der Waals surface area contributed by atoms with Crippen LogP contribution in [0.3, 0.4) is 0 Å². The van der Waals surface area contributed by atoms with E-state index in [1.165, 1.54) is 0 Å². The van der Waals surface area contributed by atoms with E-state index in [-0.39, 0.29) is 5.78 Å². The Labute approximate surface area is 96.4 Å². The molecule has 3 nitrogen and oxygen atoms in total. The van der Waals surface area contributed by atoms with Crippen LogP contribution >= 0.6 is 0 Å². The average Bonchev–Trinajstić information content (AvgIpc) is 2.29. The summed E-state index contributed by atoms with van der Waals surface area (Å²) in [5, 5.41) is 9.04. The van der Waals surface area contributed by atoms with Gasteiger partial charge >= 0.3 is 0 Å². The third-order valence-corrected chi connectivity index (χ3v) is 2.55. The quantitative estimate of drug-likeness (QED) is 0.726. The molecule has 1 rings (SSSR count). The van der Waals surface area contributed by atoms with E-state index in [9.17, 15) is 4.79 Å². The van der Waals surface area contributed by atoms with Crippen LogP contribution in [0.15, 0.2) is 30.3 Å². The van der Waals surface area contributed by atoms with E-state index < -0.39 is 6.04 Å². The van der Waals surface area contributed by atoms with Crippen LogP contribution in [-0.4, -0.2) is 11.0 Å². The summed E-state index contributed by atoms with van der Waals surface area (Å²) in [5.41, 5.74) is 2.90. The van der Waals surface area contributed by atoms with Crippen LogP contribution in [0.1, 0.15) is 38.3 Å². The zero-order valence-corrected chi connectivity index (χ0v) is 9.81. The van der Waals surface area contributed by atoms with Crippen LogP contribution in [0.2, 0.25) is 0 Å². The SMILES string of the molecule is CC(C)CCC(=O)C(NO)c1ccccc1. The fourth-order valence-electron chi connectivity index (χ4n) is 1.55. The maximum Gasteiger partial charge on any atom is 0.156 e. The summed E-state index contributed by atoms with van der Waals surface area (Å²) in [7, 11) is 0. The first-order valence-electron chi connectivity index (χ1n) is 5.62. The largest absolute Gasteiger partial charge is 0.316 e. The van der Waals surface area contributed by atoms with Gasteiger partial charge in [0.25, 0.3) is 0 Å². The normalized spacial score (nSPS) is 12.8. The number of rotatable bonds is 6. The summed E-state index contributed by atoms with van der Waals surface area (Å²) in [6, 6.07) is 8.67. The highest BCUT2D eigenvalue weighted by molar-refractivity contribution is 5.85. The third kappa shape index (κ3) is 3.76. The molecule has 2 N–H and O–H groups in total. The number of carbonyl (C=O) groups excluding carboxylic acids is 1. The van der Waals surface area contributed by atoms with Crippen LogP contribution in [0.5, 0.6) is 0 Å². The smallest absolute Gasteiger partial charge is 0.156 e. The second-order valence-electron chi connectivity index (χ2n) is 4.37. The molecule has 0 amide bonds. The summed E-state index contributed by atoms with van der Waals surface area (Å²) in [6.07, 6.45) is 1.34. The Kier molecular flexibility index (Phi) is 5.15. The van der Waals surface area contributed by atoms with Gasteiger partial charge in [-0.3, -0.25) is 4.79 Å². The van der Waals surface area contributed by atoms with Crippen molar-refractivity contribution in [3.05, 3.63) is 35.9 Å². The Balaban J connectivity index is 2.64. The Morgan fingerprint density at radius 1 is 1.31 bits per heavy atom. The molecule has 0 aliphatic carbocycles. The minimum absolute atomic E-state index is 0.0300. The highest BCUT2D eigenvalue weighted by atomic mass is 16.5. The molecular weight excluding hydrogens is 202 g/mol. The number of ketones is 1. The van der Waals surface area contributed by atoms with Gasteiger partial charge in [-0.25, -0.2) is 0 Å². The molecule has 0 saturated carbocycles. The second kappa shape index (κ2) is 6.40. The van der Waals surface area contributed by atoms with E-state index in [1.54, 1.807) is 0 Å². The molecule has 1 aromatic carbocycles. The number of Topliss-reactive ketones (excluding diaryl/α,β-unsaturated/α-hetero) is 1. The number of hydroxylamine groups is 1. The molecule has 0 aromatic heterocycles. The van der Waals surface area contributed by atoms with Crippen molar-refractivity contribution < 1.29 is 10.0 Å². The number of carbonyl (C=O) groups is 1. The lowest BCUT2D eigenvalue weighted by Crippen LogP contribution is -2.26. The molecular formula is C13H19NO2. The van der Waals surface area contributed by atoms with E-state index >= 15 is 0 Å². The molecule has 0 spiro atoms. The molecule has 3 heteroatoms. The lowest BCUT2D eigenvalue weighted by molar-refractivity contribution is -0.124. The van der Waals surface area contributed by atoms with Crippen molar-refractivity contribution in [2.45, 2.75) is 32.7 Å². The maximum absolute atomic E-state index is 11.9. The molecule has 0 fully saturated rings. The molecule has 0 heterocycles. The molecule has 1 aromatic rings. The van der Waals surface area contributed by atoms with Gasteiger partial charge in [0.05, 0.1) is 0 Å². The van der Waals surface area contributed by atoms with Gasteiger partial charge in [-0.05, 0) is 17.9 Å². The first-order chi connectivity index (χ1) is 7.65. The van der Waals surface area contributed by atoms with Gasteiger partial charge in [0, 0.05) is 6.42 Å². The number of nitrogens with one attached hydrogen (secondary N) is 1. The topological polar surface area (TPSA) is 49.3 Å². The number of hydrogen-bond donors (Lipinski definition) is 2. The minimum Gasteiger partial charge on any atom is -0.316 e. The summed E-state index contributed by atoms with van der Waals surface area (Å²) in [5.74, 6) is 0.529. The van der Waals surface area contributed by atoms with E-state index in [0.717, 1.165) is 12.0 Å². The summed E-state index contributed by atoms with van der Waals surface area (Å²) >= 11 is 0. The van der Waals surface area contributed by atoms with E-state index in [4.69, 9.17) is 5.21 Å². The predicted molar refractivity (Wildman–Crippen MR) is 63.2 cm³/mol. The lowest BCUT2D eigenvalue weighted by Gasteiger charge is -2.14. The second-order valence-corrected chi connectivity index (χ2v) is 4.37. The van der Waals surface area contributed by atoms with Gasteiger partial charge in [0.15, 0.2) is 5.78 Å². The van der Waals surface area contributed by atoms with Crippen LogP contribution in [-0.2, 0) is 4.79 Å². The van der Waals surface area contributed by atoms with Gasteiger partial charge in [0.1, 0.15) is 6.04 Å². The van der Waals surface area contributed by atoms with E-state index in [1.807, 2.05) is 30.3 Å². The summed E-state index contributed by atoms with van der Waals surface area (Å²) in [6.45, 7) is 4.16. The minimum atomic E-state index is -0.597. The van der Waals surface area contributed by atoms with Crippen molar-refractivity contribution in [3.8, 4) is 0 Å². The standard InChI is InChI=1S/C13H19NO2/c1-10(2)8-9-12(15)13(14-16)11-6-4-3-5-7-11/h3-7,10,13-14,16H,8-9H2,1-2H3. The molecule has 0 saturated heterocycles. The van der Waals surface area contributed by atoms with Crippen molar-refractivity contribution in [1.29, 1.82) is 0 Å². The molecule has 88 valence electrons. The molecule has 16 heavy (non-hydrogen) atoms. The Hall–Kier alpha value is -1.19. The fraction of sp³-hybridized carbons (Fsp3) is 0.462. The Bertz CT molecular complexity index is 322. The van der Waals surface area contributed by atoms with Gasteiger partial charge in [0.2, 0.25) is 0 Å². The van der Waals surface area contributed by atoms with Crippen LogP contribution in [0.4, 0.5) is 0 Å². The van der Waals surface area contributed by atoms with Gasteiger partial charge in [-0.2, -0.15) is 5.48 Å². The van der Waals surface area contributed by atoms with Crippen molar-refractivity contribution in [3.63, 3.8) is 0 Å². The van der Waals surface area contributed by atoms with E-state index in [2.05, 4.69) is 19.3 Å². The highest BCUT2D eigenvalue weighted by Crippen LogP contribution is 2.17. The molecule has 0 aliphatic heterocycles. The predicted octanol–water partition coefficient (Wildman–Crippen LogP) is 2.71. The first-order valence-corrected chi connectivity index (χ1v) is 5.62. The summed E-state index contributed by atoms with van der Waals surface area (Å²) in [4.78, 5) is 11.9. The third-order valence-electron chi connectivity index (χ3n) is 2.55. The Morgan fingerprint density at radius 2 is 1.94 bits per heavy atom. The van der Waals surface area contributed by atoms with Gasteiger partial charge in [-0.1, -0.05) is 44.2 Å². The lowest BCUT2D eigenvalue weighted by atomic mass is 9.97. The average molecular weight is 221 g/mol. The zero-order valence-electron chi connectivity index (χ0n) is 9.81. The maximum atomic E-state index is 11.9. The molecule has 0 bridgehead atoms. The van der Waals surface area contributed by atoms with Crippen LogP contribution in [0.25, 0.3) is 0 Å². The van der Waals surface area contributed by atoms with Crippen molar-refractivity contribution in [2.75, 3.05) is 0 Å². The van der Waals surface area contributed by atoms with Crippen LogP contribution in [0, 0.1) is 5.92 Å². The molecule has 1 atom stereocenters. The van der Waals surface area contributed by atoms with Crippen LogP contribution < -0.4 is 5.48 Å². The Morgan fingerprint density at radius 3 is 2.44 bits per heavy atom. The summed E-state index contributed by atoms with van der Waals surface area (Å²) < 4.78 is 0. The first kappa shape index (κ1) is 12.9. The zero-order chi connectivity index (χ0) is 12.0. The van der Waals surface area contributed by atoms with E-state index in [0.29, 0.717) is 12.3 Å². The fourth-order valence-corrected chi connectivity index (χ4v) is 1.55. The number of benzene rings is 1. The van der Waals surface area contributed by atoms with Gasteiger partial charge < -0.3 is 5.21 Å². The van der Waals surface area contributed by atoms with Crippen molar-refractivity contribution in [1.82, 2.24) is 5.48 Å². The van der Waals surface area contributed by atoms with Gasteiger partial charge in [-0.15, -0.1) is 0 Å². The monoisotopic (exact) mass is 221 g/mol. The van der Waals surface area contributed by atoms with Crippen molar-refractivity contribution in [2.24, 2.45) is 5.92 Å². The van der Waals surface area contributed by atoms with Crippen molar-refractivity contribution >= 4 is 5.78 Å².